The monoisotopic (exact) mass is 302 g/mol. The van der Waals surface area contributed by atoms with Gasteiger partial charge in [-0.1, -0.05) is 41.9 Å². The molecule has 2 nitrogen and oxygen atoms in total. The molecule has 0 aliphatic carbocycles. The number of halogens is 1. The van der Waals surface area contributed by atoms with Crippen molar-refractivity contribution in [3.63, 3.8) is 0 Å². The van der Waals surface area contributed by atoms with Gasteiger partial charge >= 0.3 is 0 Å². The van der Waals surface area contributed by atoms with Crippen LogP contribution in [-0.4, -0.2) is 12.4 Å². The van der Waals surface area contributed by atoms with Crippen LogP contribution in [0.5, 0.6) is 5.75 Å². The Labute approximate surface area is 130 Å². The maximum Gasteiger partial charge on any atom is 0.163 e. The molecule has 2 aromatic rings. The molecule has 0 saturated heterocycles. The fourth-order valence-electron chi connectivity index (χ4n) is 2.30. The molecule has 0 bridgehead atoms. The average Bonchev–Trinajstić information content (AvgIpc) is 2.46. The van der Waals surface area contributed by atoms with Gasteiger partial charge in [-0.3, -0.25) is 4.79 Å². The van der Waals surface area contributed by atoms with Crippen LogP contribution in [0.2, 0.25) is 5.02 Å². The van der Waals surface area contributed by atoms with Gasteiger partial charge in [0.25, 0.3) is 0 Å². The number of rotatable bonds is 6. The molecule has 110 valence electrons. The number of ether oxygens (including phenoxy) is 1. The summed E-state index contributed by atoms with van der Waals surface area (Å²) in [6.45, 7) is 4.48. The minimum atomic E-state index is 0.156. The summed E-state index contributed by atoms with van der Waals surface area (Å²) in [6.07, 6.45) is 1.20. The summed E-state index contributed by atoms with van der Waals surface area (Å²) in [4.78, 5) is 12.0. The Morgan fingerprint density at radius 3 is 2.33 bits per heavy atom. The molecule has 0 aromatic heterocycles. The van der Waals surface area contributed by atoms with Gasteiger partial charge in [0.1, 0.15) is 5.75 Å². The van der Waals surface area contributed by atoms with E-state index in [2.05, 4.69) is 0 Å². The number of hydrogen-bond acceptors (Lipinski definition) is 2. The number of aryl methyl sites for hydroxylation is 2. The summed E-state index contributed by atoms with van der Waals surface area (Å²) in [7, 11) is 0. The Kier molecular flexibility index (Phi) is 5.40. The number of hydrogen-bond donors (Lipinski definition) is 0. The van der Waals surface area contributed by atoms with E-state index in [1.165, 1.54) is 0 Å². The second-order valence-corrected chi connectivity index (χ2v) is 5.55. The van der Waals surface area contributed by atoms with Gasteiger partial charge in [0, 0.05) is 17.0 Å². The first-order chi connectivity index (χ1) is 10.1. The second-order valence-electron chi connectivity index (χ2n) is 5.11. The van der Waals surface area contributed by atoms with Gasteiger partial charge in [-0.25, -0.2) is 0 Å². The van der Waals surface area contributed by atoms with Crippen LogP contribution in [-0.2, 0) is 0 Å². The third-order valence-electron chi connectivity index (χ3n) is 3.32. The number of benzene rings is 2. The quantitative estimate of drug-likeness (QED) is 0.554. The molecule has 0 unspecified atom stereocenters. The summed E-state index contributed by atoms with van der Waals surface area (Å²) < 4.78 is 5.80. The van der Waals surface area contributed by atoms with E-state index in [4.69, 9.17) is 16.3 Å². The van der Waals surface area contributed by atoms with Crippen molar-refractivity contribution in [1.29, 1.82) is 0 Å². The van der Waals surface area contributed by atoms with Gasteiger partial charge in [0.15, 0.2) is 5.78 Å². The maximum absolute atomic E-state index is 12.0. The van der Waals surface area contributed by atoms with E-state index >= 15 is 0 Å². The molecule has 21 heavy (non-hydrogen) atoms. The minimum Gasteiger partial charge on any atom is -0.493 e. The zero-order chi connectivity index (χ0) is 15.2. The van der Waals surface area contributed by atoms with Crippen LogP contribution in [0.1, 0.15) is 34.3 Å². The van der Waals surface area contributed by atoms with Gasteiger partial charge in [0.05, 0.1) is 6.61 Å². The normalized spacial score (nSPS) is 10.4. The lowest BCUT2D eigenvalue weighted by atomic mass is 10.1. The number of Topliss-reactive ketones (excluding diaryl/α,β-unsaturated/α-hetero) is 1. The third-order valence-corrected chi connectivity index (χ3v) is 3.53. The van der Waals surface area contributed by atoms with Crippen LogP contribution >= 0.6 is 11.6 Å². The Bertz CT molecular complexity index is 597. The molecule has 0 heterocycles. The van der Waals surface area contributed by atoms with E-state index in [0.717, 1.165) is 27.5 Å². The third kappa shape index (κ3) is 4.33. The maximum atomic E-state index is 12.0. The topological polar surface area (TPSA) is 26.3 Å². The summed E-state index contributed by atoms with van der Waals surface area (Å²) in [5, 5.41) is 0.719. The predicted molar refractivity (Wildman–Crippen MR) is 86.4 cm³/mol. The van der Waals surface area contributed by atoms with Gasteiger partial charge in [0.2, 0.25) is 0 Å². The van der Waals surface area contributed by atoms with Crippen molar-refractivity contribution in [3.8, 4) is 5.75 Å². The van der Waals surface area contributed by atoms with E-state index in [0.29, 0.717) is 19.4 Å². The highest BCUT2D eigenvalue weighted by atomic mass is 35.5. The zero-order valence-electron chi connectivity index (χ0n) is 12.4. The number of carbonyl (C=O) groups is 1. The van der Waals surface area contributed by atoms with E-state index in [-0.39, 0.29) is 5.78 Å². The molecule has 0 aliphatic rings. The Morgan fingerprint density at radius 1 is 1.10 bits per heavy atom. The van der Waals surface area contributed by atoms with Crippen LogP contribution in [0.25, 0.3) is 0 Å². The fraction of sp³-hybridized carbons (Fsp3) is 0.278. The van der Waals surface area contributed by atoms with Crippen LogP contribution in [0.15, 0.2) is 42.5 Å². The van der Waals surface area contributed by atoms with Crippen LogP contribution in [0.4, 0.5) is 0 Å². The highest BCUT2D eigenvalue weighted by Crippen LogP contribution is 2.27. The van der Waals surface area contributed by atoms with Gasteiger partial charge in [-0.2, -0.15) is 0 Å². The molecule has 2 aromatic carbocycles. The molecule has 0 spiro atoms. The van der Waals surface area contributed by atoms with Gasteiger partial charge in [-0.05, 0) is 43.5 Å². The van der Waals surface area contributed by atoms with Crippen molar-refractivity contribution in [2.45, 2.75) is 26.7 Å². The summed E-state index contributed by atoms with van der Waals surface area (Å²) >= 11 is 5.99. The van der Waals surface area contributed by atoms with Crippen molar-refractivity contribution >= 4 is 17.4 Å². The molecule has 0 aliphatic heterocycles. The lowest BCUT2D eigenvalue weighted by Crippen LogP contribution is -2.05. The summed E-state index contributed by atoms with van der Waals surface area (Å²) in [6, 6.07) is 13.1. The van der Waals surface area contributed by atoms with Crippen molar-refractivity contribution in [2.24, 2.45) is 0 Å². The fourth-order valence-corrected chi connectivity index (χ4v) is 2.63. The number of ketones is 1. The molecule has 0 amide bonds. The first kappa shape index (κ1) is 15.6. The summed E-state index contributed by atoms with van der Waals surface area (Å²) in [5.74, 6) is 1.02. The largest absolute Gasteiger partial charge is 0.493 e. The zero-order valence-corrected chi connectivity index (χ0v) is 13.1. The molecule has 2 rings (SSSR count). The first-order valence-corrected chi connectivity index (χ1v) is 7.43. The van der Waals surface area contributed by atoms with Gasteiger partial charge < -0.3 is 4.74 Å². The van der Waals surface area contributed by atoms with Crippen LogP contribution in [0.3, 0.4) is 0 Å². The Balaban J connectivity index is 1.84. The smallest absolute Gasteiger partial charge is 0.163 e. The van der Waals surface area contributed by atoms with E-state index in [1.807, 2.05) is 56.3 Å². The van der Waals surface area contributed by atoms with Gasteiger partial charge in [-0.15, -0.1) is 0 Å². The Morgan fingerprint density at radius 2 is 1.71 bits per heavy atom. The highest BCUT2D eigenvalue weighted by molar-refractivity contribution is 6.30. The first-order valence-electron chi connectivity index (χ1n) is 7.05. The SMILES string of the molecule is Cc1cc(Cl)cc(C)c1OCCCC(=O)c1ccccc1. The second kappa shape index (κ2) is 7.28. The highest BCUT2D eigenvalue weighted by Gasteiger charge is 2.07. The number of carbonyl (C=O) groups excluding carboxylic acids is 1. The molecule has 0 saturated carbocycles. The Hall–Kier alpha value is -1.80. The van der Waals surface area contributed by atoms with Crippen LogP contribution < -0.4 is 4.74 Å². The van der Waals surface area contributed by atoms with E-state index in [9.17, 15) is 4.79 Å². The molecule has 0 N–H and O–H groups in total. The summed E-state index contributed by atoms with van der Waals surface area (Å²) in [5.41, 5.74) is 2.81. The molecule has 0 radical (unpaired) electrons. The predicted octanol–water partition coefficient (Wildman–Crippen LogP) is 5.00. The van der Waals surface area contributed by atoms with Crippen molar-refractivity contribution in [3.05, 3.63) is 64.2 Å². The molecule has 0 atom stereocenters. The molecular formula is C18H19ClO2. The standard InChI is InChI=1S/C18H19ClO2/c1-13-11-16(19)12-14(2)18(13)21-10-6-9-17(20)15-7-4-3-5-8-15/h3-5,7-8,11-12H,6,9-10H2,1-2H3. The van der Waals surface area contributed by atoms with E-state index in [1.54, 1.807) is 0 Å². The average molecular weight is 303 g/mol. The lowest BCUT2D eigenvalue weighted by Gasteiger charge is -2.12. The minimum absolute atomic E-state index is 0.156. The van der Waals surface area contributed by atoms with Crippen LogP contribution in [0, 0.1) is 13.8 Å². The molecule has 3 heteroatoms. The lowest BCUT2D eigenvalue weighted by molar-refractivity contribution is 0.0973. The molecule has 0 fully saturated rings. The van der Waals surface area contributed by atoms with Crippen molar-refractivity contribution in [1.82, 2.24) is 0 Å². The molecular weight excluding hydrogens is 284 g/mol. The van der Waals surface area contributed by atoms with E-state index < -0.39 is 0 Å². The van der Waals surface area contributed by atoms with Crippen molar-refractivity contribution in [2.75, 3.05) is 6.61 Å². The van der Waals surface area contributed by atoms with Crippen molar-refractivity contribution < 1.29 is 9.53 Å².